The maximum absolute atomic E-state index is 12.0. The van der Waals surface area contributed by atoms with Gasteiger partial charge >= 0.3 is 0 Å². The van der Waals surface area contributed by atoms with Gasteiger partial charge < -0.3 is 10.2 Å². The van der Waals surface area contributed by atoms with E-state index in [0.29, 0.717) is 24.3 Å². The van der Waals surface area contributed by atoms with Gasteiger partial charge in [0.2, 0.25) is 11.8 Å². The van der Waals surface area contributed by atoms with Crippen molar-refractivity contribution in [2.45, 2.75) is 19.9 Å². The van der Waals surface area contributed by atoms with Gasteiger partial charge in [-0.25, -0.2) is 0 Å². The van der Waals surface area contributed by atoms with Gasteiger partial charge in [0, 0.05) is 32.1 Å². The van der Waals surface area contributed by atoms with Crippen molar-refractivity contribution in [2.24, 2.45) is 0 Å². The molecule has 0 atom stereocenters. The highest BCUT2D eigenvalue weighted by Crippen LogP contribution is 2.15. The maximum atomic E-state index is 12.0. The minimum atomic E-state index is -0.143. The summed E-state index contributed by atoms with van der Waals surface area (Å²) in [5, 5.41) is 11.7. The summed E-state index contributed by atoms with van der Waals surface area (Å²) in [6.07, 6.45) is 0.215. The molecule has 5 nitrogen and oxygen atoms in total. The summed E-state index contributed by atoms with van der Waals surface area (Å²) in [5.41, 5.74) is 2.24. The van der Waals surface area contributed by atoms with Gasteiger partial charge in [-0.15, -0.1) is 0 Å². The number of rotatable bonds is 6. The minimum Gasteiger partial charge on any atom is -0.352 e. The maximum Gasteiger partial charge on any atom is 0.223 e. The van der Waals surface area contributed by atoms with E-state index in [4.69, 9.17) is 5.26 Å². The zero-order valence-corrected chi connectivity index (χ0v) is 13.5. The van der Waals surface area contributed by atoms with Crippen molar-refractivity contribution in [1.29, 1.82) is 5.26 Å². The first-order chi connectivity index (χ1) is 11.6. The molecule has 0 aliphatic rings. The predicted octanol–water partition coefficient (Wildman–Crippen LogP) is 2.62. The second kappa shape index (κ2) is 8.49. The SMILES string of the molecule is CC(=O)N(CCC(=O)NCc1ccccc1)c1ccc(C#N)cc1. The topological polar surface area (TPSA) is 73.2 Å². The van der Waals surface area contributed by atoms with E-state index in [9.17, 15) is 9.59 Å². The van der Waals surface area contributed by atoms with Crippen LogP contribution in [-0.4, -0.2) is 18.4 Å². The zero-order chi connectivity index (χ0) is 17.4. The molecule has 0 saturated heterocycles. The van der Waals surface area contributed by atoms with Gasteiger partial charge in [-0.2, -0.15) is 5.26 Å². The van der Waals surface area contributed by atoms with Gasteiger partial charge in [0.25, 0.3) is 0 Å². The first-order valence-corrected chi connectivity index (χ1v) is 7.69. The number of carbonyl (C=O) groups excluding carboxylic acids is 2. The lowest BCUT2D eigenvalue weighted by atomic mass is 10.2. The molecule has 122 valence electrons. The normalized spacial score (nSPS) is 9.83. The molecule has 2 amide bonds. The van der Waals surface area contributed by atoms with Crippen molar-refractivity contribution in [2.75, 3.05) is 11.4 Å². The van der Waals surface area contributed by atoms with Gasteiger partial charge in [-0.1, -0.05) is 30.3 Å². The third kappa shape index (κ3) is 4.96. The van der Waals surface area contributed by atoms with Crippen LogP contribution in [0.25, 0.3) is 0 Å². The quantitative estimate of drug-likeness (QED) is 0.889. The Bertz CT molecular complexity index is 733. The molecule has 0 unspecified atom stereocenters. The Morgan fingerprint density at radius 2 is 1.75 bits per heavy atom. The molecule has 0 radical (unpaired) electrons. The van der Waals surface area contributed by atoms with Gasteiger partial charge in [0.15, 0.2) is 0 Å². The second-order valence-corrected chi connectivity index (χ2v) is 5.34. The fourth-order valence-electron chi connectivity index (χ4n) is 2.28. The van der Waals surface area contributed by atoms with Gasteiger partial charge in [0.05, 0.1) is 11.6 Å². The van der Waals surface area contributed by atoms with Crippen molar-refractivity contribution in [3.8, 4) is 6.07 Å². The van der Waals surface area contributed by atoms with E-state index in [2.05, 4.69) is 5.32 Å². The zero-order valence-electron chi connectivity index (χ0n) is 13.5. The van der Waals surface area contributed by atoms with E-state index in [1.54, 1.807) is 24.3 Å². The van der Waals surface area contributed by atoms with Crippen LogP contribution in [0.5, 0.6) is 0 Å². The molecule has 1 N–H and O–H groups in total. The van der Waals surface area contributed by atoms with Crippen molar-refractivity contribution >= 4 is 17.5 Å². The average Bonchev–Trinajstić information content (AvgIpc) is 2.61. The fourth-order valence-corrected chi connectivity index (χ4v) is 2.28. The van der Waals surface area contributed by atoms with Gasteiger partial charge in [0.1, 0.15) is 0 Å². The number of benzene rings is 2. The number of anilines is 1. The Morgan fingerprint density at radius 3 is 2.33 bits per heavy atom. The number of hydrogen-bond acceptors (Lipinski definition) is 3. The smallest absolute Gasteiger partial charge is 0.223 e. The molecule has 2 aromatic rings. The van der Waals surface area contributed by atoms with Crippen molar-refractivity contribution in [3.05, 3.63) is 65.7 Å². The molecule has 0 fully saturated rings. The van der Waals surface area contributed by atoms with Crippen molar-refractivity contribution < 1.29 is 9.59 Å². The Kier molecular flexibility index (Phi) is 6.09. The number of nitrogens with zero attached hydrogens (tertiary/aromatic N) is 2. The van der Waals surface area contributed by atoms with Crippen molar-refractivity contribution in [3.63, 3.8) is 0 Å². The third-order valence-electron chi connectivity index (χ3n) is 3.58. The lowest BCUT2D eigenvalue weighted by molar-refractivity contribution is -0.121. The number of hydrogen-bond donors (Lipinski definition) is 1. The summed E-state index contributed by atoms with van der Waals surface area (Å²) in [6, 6.07) is 18.4. The lowest BCUT2D eigenvalue weighted by Gasteiger charge is -2.21. The van der Waals surface area contributed by atoms with Crippen LogP contribution in [0.15, 0.2) is 54.6 Å². The van der Waals surface area contributed by atoms with Crippen LogP contribution in [-0.2, 0) is 16.1 Å². The van der Waals surface area contributed by atoms with Crippen LogP contribution >= 0.6 is 0 Å². The van der Waals surface area contributed by atoms with E-state index in [1.165, 1.54) is 11.8 Å². The largest absolute Gasteiger partial charge is 0.352 e. The molecule has 0 heterocycles. The van der Waals surface area contributed by atoms with E-state index >= 15 is 0 Å². The number of nitrogens with one attached hydrogen (secondary N) is 1. The molecule has 0 aliphatic carbocycles. The summed E-state index contributed by atoms with van der Waals surface area (Å²) < 4.78 is 0. The molecule has 0 spiro atoms. The standard InChI is InChI=1S/C19H19N3O2/c1-15(23)22(18-9-7-16(13-20)8-10-18)12-11-19(24)21-14-17-5-3-2-4-6-17/h2-10H,11-12,14H2,1H3,(H,21,24). The average molecular weight is 321 g/mol. The summed E-state index contributed by atoms with van der Waals surface area (Å²) in [6.45, 7) is 2.22. The van der Waals surface area contributed by atoms with Crippen LogP contribution in [0.1, 0.15) is 24.5 Å². The molecular weight excluding hydrogens is 302 g/mol. The number of nitriles is 1. The number of carbonyl (C=O) groups is 2. The van der Waals surface area contributed by atoms with E-state index < -0.39 is 0 Å². The summed E-state index contributed by atoms with van der Waals surface area (Å²) in [7, 11) is 0. The third-order valence-corrected chi connectivity index (χ3v) is 3.58. The summed E-state index contributed by atoms with van der Waals surface area (Å²) >= 11 is 0. The molecular formula is C19H19N3O2. The van der Waals surface area contributed by atoms with Crippen LogP contribution in [0.2, 0.25) is 0 Å². The highest BCUT2D eigenvalue weighted by molar-refractivity contribution is 5.92. The summed E-state index contributed by atoms with van der Waals surface area (Å²) in [5.74, 6) is -0.255. The van der Waals surface area contributed by atoms with Crippen molar-refractivity contribution in [1.82, 2.24) is 5.32 Å². The van der Waals surface area contributed by atoms with Gasteiger partial charge in [-0.05, 0) is 29.8 Å². The molecule has 0 aromatic heterocycles. The van der Waals surface area contributed by atoms with Crippen LogP contribution < -0.4 is 10.2 Å². The molecule has 2 aromatic carbocycles. The number of amides is 2. The van der Waals surface area contributed by atoms with Crippen LogP contribution in [0, 0.1) is 11.3 Å². The Hall–Kier alpha value is -3.13. The van der Waals surface area contributed by atoms with E-state index in [1.807, 2.05) is 36.4 Å². The Morgan fingerprint density at radius 1 is 1.08 bits per heavy atom. The second-order valence-electron chi connectivity index (χ2n) is 5.34. The monoisotopic (exact) mass is 321 g/mol. The van der Waals surface area contributed by atoms with E-state index in [-0.39, 0.29) is 18.2 Å². The minimum absolute atomic E-state index is 0.112. The van der Waals surface area contributed by atoms with E-state index in [0.717, 1.165) is 5.56 Å². The highest BCUT2D eigenvalue weighted by Gasteiger charge is 2.13. The fraction of sp³-hybridized carbons (Fsp3) is 0.211. The first kappa shape index (κ1) is 17.2. The van der Waals surface area contributed by atoms with Crippen LogP contribution in [0.3, 0.4) is 0 Å². The summed E-state index contributed by atoms with van der Waals surface area (Å²) in [4.78, 5) is 25.3. The predicted molar refractivity (Wildman–Crippen MR) is 92.1 cm³/mol. The Balaban J connectivity index is 1.90. The molecule has 24 heavy (non-hydrogen) atoms. The molecule has 0 bridgehead atoms. The molecule has 0 aliphatic heterocycles. The van der Waals surface area contributed by atoms with Gasteiger partial charge in [-0.3, -0.25) is 9.59 Å². The molecule has 2 rings (SSSR count). The Labute approximate surface area is 141 Å². The highest BCUT2D eigenvalue weighted by atomic mass is 16.2. The lowest BCUT2D eigenvalue weighted by Crippen LogP contribution is -2.33. The molecule has 5 heteroatoms. The van der Waals surface area contributed by atoms with Crippen LogP contribution in [0.4, 0.5) is 5.69 Å². The molecule has 0 saturated carbocycles. The first-order valence-electron chi connectivity index (χ1n) is 7.69.